The zero-order valence-electron chi connectivity index (χ0n) is 11.7. The fourth-order valence-electron chi connectivity index (χ4n) is 3.10. The van der Waals surface area contributed by atoms with Gasteiger partial charge in [0.15, 0.2) is 0 Å². The highest BCUT2D eigenvalue weighted by Crippen LogP contribution is 2.42. The van der Waals surface area contributed by atoms with Crippen molar-refractivity contribution in [3.63, 3.8) is 0 Å². The molecule has 1 aliphatic carbocycles. The molecule has 0 aliphatic heterocycles. The number of anilines is 1. The Hall–Kier alpha value is -2.23. The van der Waals surface area contributed by atoms with Crippen LogP contribution in [0.4, 0.5) is 10.1 Å². The van der Waals surface area contributed by atoms with Crippen LogP contribution in [0, 0.1) is 5.82 Å². The van der Waals surface area contributed by atoms with E-state index in [1.165, 1.54) is 12.1 Å². The minimum atomic E-state index is -0.627. The van der Waals surface area contributed by atoms with Crippen molar-refractivity contribution >= 4 is 11.6 Å². The van der Waals surface area contributed by atoms with Crippen LogP contribution in [-0.4, -0.2) is 10.9 Å². The Labute approximate surface area is 123 Å². The highest BCUT2D eigenvalue weighted by atomic mass is 19.1. The molecule has 3 rings (SSSR count). The molecule has 1 amide bonds. The quantitative estimate of drug-likeness (QED) is 0.934. The first-order valence-electron chi connectivity index (χ1n) is 7.18. The van der Waals surface area contributed by atoms with Crippen LogP contribution in [-0.2, 0) is 10.2 Å². The van der Waals surface area contributed by atoms with Crippen molar-refractivity contribution in [3.8, 4) is 0 Å². The number of nitrogens with one attached hydrogen (secondary N) is 1. The predicted molar refractivity (Wildman–Crippen MR) is 79.4 cm³/mol. The molecular weight excluding hydrogens is 267 g/mol. The lowest BCUT2D eigenvalue weighted by atomic mass is 9.78. The molecular formula is C17H17FN2O. The smallest absolute Gasteiger partial charge is 0.235 e. The van der Waals surface area contributed by atoms with Crippen molar-refractivity contribution < 1.29 is 9.18 Å². The predicted octanol–water partition coefficient (Wildman–Crippen LogP) is 3.67. The average Bonchev–Trinajstić information content (AvgIpc) is 2.99. The Morgan fingerprint density at radius 1 is 1.19 bits per heavy atom. The van der Waals surface area contributed by atoms with E-state index in [1.54, 1.807) is 30.6 Å². The first-order valence-corrected chi connectivity index (χ1v) is 7.18. The second-order valence-corrected chi connectivity index (χ2v) is 5.50. The maximum absolute atomic E-state index is 13.5. The van der Waals surface area contributed by atoms with Crippen molar-refractivity contribution in [2.45, 2.75) is 31.1 Å². The van der Waals surface area contributed by atoms with Gasteiger partial charge in [-0.25, -0.2) is 4.39 Å². The van der Waals surface area contributed by atoms with Crippen LogP contribution in [0.15, 0.2) is 48.8 Å². The lowest BCUT2D eigenvalue weighted by Crippen LogP contribution is -2.38. The third kappa shape index (κ3) is 2.66. The summed E-state index contributed by atoms with van der Waals surface area (Å²) in [4.78, 5) is 16.8. The fourth-order valence-corrected chi connectivity index (χ4v) is 3.10. The number of amides is 1. The van der Waals surface area contributed by atoms with Gasteiger partial charge in [-0.05, 0) is 42.7 Å². The Kier molecular flexibility index (Phi) is 3.69. The van der Waals surface area contributed by atoms with Crippen molar-refractivity contribution in [2.75, 3.05) is 5.32 Å². The molecule has 0 bridgehead atoms. The zero-order valence-corrected chi connectivity index (χ0v) is 11.7. The number of carbonyl (C=O) groups excluding carboxylic acids is 1. The second kappa shape index (κ2) is 5.64. The number of nitrogens with zero attached hydrogens (tertiary/aromatic N) is 1. The lowest BCUT2D eigenvalue weighted by Gasteiger charge is -2.28. The Morgan fingerprint density at radius 3 is 2.67 bits per heavy atom. The summed E-state index contributed by atoms with van der Waals surface area (Å²) in [6.07, 6.45) is 6.75. The van der Waals surface area contributed by atoms with Crippen molar-refractivity contribution in [2.24, 2.45) is 0 Å². The van der Waals surface area contributed by atoms with Crippen molar-refractivity contribution in [1.82, 2.24) is 4.98 Å². The van der Waals surface area contributed by atoms with Crippen LogP contribution in [0.3, 0.4) is 0 Å². The van der Waals surface area contributed by atoms with Crippen LogP contribution in [0.25, 0.3) is 0 Å². The number of halogens is 1. The summed E-state index contributed by atoms with van der Waals surface area (Å²) in [5, 5.41) is 2.92. The number of hydrogen-bond acceptors (Lipinski definition) is 2. The van der Waals surface area contributed by atoms with Gasteiger partial charge < -0.3 is 5.32 Å². The highest BCUT2D eigenvalue weighted by molar-refractivity contribution is 5.99. The van der Waals surface area contributed by atoms with Crippen LogP contribution >= 0.6 is 0 Å². The van der Waals surface area contributed by atoms with E-state index in [-0.39, 0.29) is 11.7 Å². The monoisotopic (exact) mass is 284 g/mol. The maximum Gasteiger partial charge on any atom is 0.235 e. The largest absolute Gasteiger partial charge is 0.324 e. The van der Waals surface area contributed by atoms with Gasteiger partial charge in [-0.1, -0.05) is 25.0 Å². The number of rotatable bonds is 3. The van der Waals surface area contributed by atoms with Gasteiger partial charge in [-0.15, -0.1) is 0 Å². The topological polar surface area (TPSA) is 42.0 Å². The molecule has 1 aliphatic rings. The van der Waals surface area contributed by atoms with Crippen molar-refractivity contribution in [1.29, 1.82) is 0 Å². The number of pyridine rings is 1. The van der Waals surface area contributed by atoms with Crippen LogP contribution in [0.1, 0.15) is 31.2 Å². The van der Waals surface area contributed by atoms with Crippen molar-refractivity contribution in [3.05, 3.63) is 60.2 Å². The number of carbonyl (C=O) groups is 1. The molecule has 0 radical (unpaired) electrons. The van der Waals surface area contributed by atoms with E-state index in [1.807, 2.05) is 6.07 Å². The van der Waals surface area contributed by atoms with E-state index in [4.69, 9.17) is 0 Å². The Balaban J connectivity index is 1.92. The molecule has 0 spiro atoms. The van der Waals surface area contributed by atoms with Gasteiger partial charge in [0.25, 0.3) is 0 Å². The summed E-state index contributed by atoms with van der Waals surface area (Å²) < 4.78 is 13.5. The van der Waals surface area contributed by atoms with Gasteiger partial charge in [0.1, 0.15) is 5.82 Å². The summed E-state index contributed by atoms with van der Waals surface area (Å²) in [7, 11) is 0. The number of aromatic nitrogens is 1. The minimum absolute atomic E-state index is 0.0707. The van der Waals surface area contributed by atoms with Gasteiger partial charge in [0, 0.05) is 6.20 Å². The molecule has 1 fully saturated rings. The minimum Gasteiger partial charge on any atom is -0.324 e. The molecule has 108 valence electrons. The molecule has 1 aromatic carbocycles. The maximum atomic E-state index is 13.5. The van der Waals surface area contributed by atoms with E-state index in [9.17, 15) is 9.18 Å². The summed E-state index contributed by atoms with van der Waals surface area (Å²) in [5.74, 6) is -0.369. The highest BCUT2D eigenvalue weighted by Gasteiger charge is 2.42. The number of hydrogen-bond donors (Lipinski definition) is 1. The van der Waals surface area contributed by atoms with Crippen LogP contribution in [0.5, 0.6) is 0 Å². The van der Waals surface area contributed by atoms with Gasteiger partial charge in [-0.2, -0.15) is 0 Å². The Bertz CT molecular complexity index is 636. The standard InChI is InChI=1S/C17H17FN2O/c18-14-6-3-5-13(11-14)17(8-1-2-9-17)16(21)20-15-7-4-10-19-12-15/h3-7,10-12H,1-2,8-9H2,(H,20,21). The summed E-state index contributed by atoms with van der Waals surface area (Å²) in [5.41, 5.74) is 0.810. The molecule has 0 saturated heterocycles. The first-order chi connectivity index (χ1) is 10.2. The molecule has 2 aromatic rings. The molecule has 1 heterocycles. The second-order valence-electron chi connectivity index (χ2n) is 5.50. The Morgan fingerprint density at radius 2 is 2.00 bits per heavy atom. The molecule has 1 saturated carbocycles. The molecule has 3 nitrogen and oxygen atoms in total. The zero-order chi connectivity index (χ0) is 14.7. The molecule has 0 unspecified atom stereocenters. The number of benzene rings is 1. The third-order valence-electron chi connectivity index (χ3n) is 4.19. The first kappa shape index (κ1) is 13.7. The molecule has 0 atom stereocenters. The molecule has 1 N–H and O–H groups in total. The van der Waals surface area contributed by atoms with Gasteiger partial charge in [-0.3, -0.25) is 9.78 Å². The average molecular weight is 284 g/mol. The van der Waals surface area contributed by atoms with Gasteiger partial charge in [0.2, 0.25) is 5.91 Å². The normalized spacial score (nSPS) is 16.6. The van der Waals surface area contributed by atoms with E-state index in [0.29, 0.717) is 5.69 Å². The van der Waals surface area contributed by atoms with Crippen LogP contribution in [0.2, 0.25) is 0 Å². The summed E-state index contributed by atoms with van der Waals surface area (Å²) in [6, 6.07) is 9.98. The van der Waals surface area contributed by atoms with E-state index >= 15 is 0 Å². The summed E-state index contributed by atoms with van der Waals surface area (Å²) >= 11 is 0. The van der Waals surface area contributed by atoms with E-state index in [0.717, 1.165) is 31.2 Å². The van der Waals surface area contributed by atoms with E-state index < -0.39 is 5.41 Å². The molecule has 1 aromatic heterocycles. The van der Waals surface area contributed by atoms with Gasteiger partial charge in [0.05, 0.1) is 17.3 Å². The van der Waals surface area contributed by atoms with Gasteiger partial charge >= 0.3 is 0 Å². The third-order valence-corrected chi connectivity index (χ3v) is 4.19. The molecule has 21 heavy (non-hydrogen) atoms. The van der Waals surface area contributed by atoms with E-state index in [2.05, 4.69) is 10.3 Å². The fraction of sp³-hybridized carbons (Fsp3) is 0.294. The summed E-state index contributed by atoms with van der Waals surface area (Å²) in [6.45, 7) is 0. The van der Waals surface area contributed by atoms with Crippen LogP contribution < -0.4 is 5.32 Å². The molecule has 4 heteroatoms. The lowest BCUT2D eigenvalue weighted by molar-refractivity contribution is -0.121. The SMILES string of the molecule is O=C(Nc1cccnc1)C1(c2cccc(F)c2)CCCC1.